The van der Waals surface area contributed by atoms with Crippen LogP contribution in [-0.4, -0.2) is 17.1 Å². The quantitative estimate of drug-likeness (QED) is 0.836. The maximum Gasteiger partial charge on any atom is 0.326 e. The fourth-order valence-electron chi connectivity index (χ4n) is 1.58. The van der Waals surface area contributed by atoms with Crippen molar-refractivity contribution in [1.82, 2.24) is 0 Å². The smallest absolute Gasteiger partial charge is 0.326 e. The molecule has 0 fully saturated rings. The molecule has 0 amide bonds. The lowest BCUT2D eigenvalue weighted by molar-refractivity contribution is -0.138. The van der Waals surface area contributed by atoms with Crippen molar-refractivity contribution in [1.29, 1.82) is 5.26 Å². The summed E-state index contributed by atoms with van der Waals surface area (Å²) in [5.41, 5.74) is 2.20. The van der Waals surface area contributed by atoms with E-state index in [1.807, 2.05) is 26.8 Å². The molecular weight excluding hydrogens is 216 g/mol. The Balaban J connectivity index is 2.95. The molecule has 0 aromatic heterocycles. The molecule has 17 heavy (non-hydrogen) atoms. The van der Waals surface area contributed by atoms with Crippen LogP contribution in [0.3, 0.4) is 0 Å². The number of hydrogen-bond acceptors (Lipinski definition) is 3. The van der Waals surface area contributed by atoms with Crippen molar-refractivity contribution in [3.8, 4) is 6.07 Å². The van der Waals surface area contributed by atoms with E-state index in [-0.39, 0.29) is 5.92 Å². The summed E-state index contributed by atoms with van der Waals surface area (Å²) in [6.45, 7) is 5.55. The molecule has 0 spiro atoms. The average Bonchev–Trinajstić information content (AvgIpc) is 2.26. The minimum Gasteiger partial charge on any atom is -0.480 e. The van der Waals surface area contributed by atoms with Crippen molar-refractivity contribution in [2.24, 2.45) is 5.92 Å². The van der Waals surface area contributed by atoms with E-state index in [1.54, 1.807) is 18.2 Å². The molecule has 0 aliphatic carbocycles. The van der Waals surface area contributed by atoms with E-state index in [4.69, 9.17) is 10.4 Å². The van der Waals surface area contributed by atoms with Gasteiger partial charge in [0.25, 0.3) is 0 Å². The molecule has 1 rings (SSSR count). The van der Waals surface area contributed by atoms with E-state index < -0.39 is 12.0 Å². The van der Waals surface area contributed by atoms with Crippen LogP contribution in [0.1, 0.15) is 25.0 Å². The van der Waals surface area contributed by atoms with E-state index in [0.717, 1.165) is 11.3 Å². The lowest BCUT2D eigenvalue weighted by atomic mass is 10.0. The number of carbonyl (C=O) groups is 1. The van der Waals surface area contributed by atoms with Crippen molar-refractivity contribution < 1.29 is 9.90 Å². The Morgan fingerprint density at radius 1 is 1.47 bits per heavy atom. The van der Waals surface area contributed by atoms with Gasteiger partial charge in [0.1, 0.15) is 6.04 Å². The van der Waals surface area contributed by atoms with Crippen LogP contribution in [0.4, 0.5) is 5.69 Å². The van der Waals surface area contributed by atoms with Gasteiger partial charge < -0.3 is 10.4 Å². The molecule has 0 heterocycles. The Morgan fingerprint density at radius 3 is 2.53 bits per heavy atom. The second kappa shape index (κ2) is 5.35. The van der Waals surface area contributed by atoms with Crippen LogP contribution in [0.25, 0.3) is 0 Å². The van der Waals surface area contributed by atoms with Crippen LogP contribution in [0.15, 0.2) is 18.2 Å². The molecule has 1 atom stereocenters. The van der Waals surface area contributed by atoms with Gasteiger partial charge in [0.2, 0.25) is 0 Å². The molecule has 1 unspecified atom stereocenters. The molecule has 4 heteroatoms. The van der Waals surface area contributed by atoms with Gasteiger partial charge in [-0.1, -0.05) is 13.8 Å². The van der Waals surface area contributed by atoms with Gasteiger partial charge >= 0.3 is 5.97 Å². The van der Waals surface area contributed by atoms with Crippen molar-refractivity contribution in [2.75, 3.05) is 5.32 Å². The zero-order valence-corrected chi connectivity index (χ0v) is 10.2. The number of nitrogens with one attached hydrogen (secondary N) is 1. The molecule has 0 bridgehead atoms. The van der Waals surface area contributed by atoms with Gasteiger partial charge in [-0.05, 0) is 36.6 Å². The fourth-order valence-corrected chi connectivity index (χ4v) is 1.58. The van der Waals surface area contributed by atoms with E-state index >= 15 is 0 Å². The molecular formula is C13H16N2O2. The zero-order valence-electron chi connectivity index (χ0n) is 10.2. The first-order chi connectivity index (χ1) is 7.95. The van der Waals surface area contributed by atoms with E-state index in [0.29, 0.717) is 5.56 Å². The lowest BCUT2D eigenvalue weighted by Crippen LogP contribution is -2.34. The Kier molecular flexibility index (Phi) is 4.11. The highest BCUT2D eigenvalue weighted by molar-refractivity contribution is 5.78. The number of nitriles is 1. The van der Waals surface area contributed by atoms with Crippen molar-refractivity contribution in [2.45, 2.75) is 26.8 Å². The van der Waals surface area contributed by atoms with Gasteiger partial charge in [0, 0.05) is 5.69 Å². The molecule has 0 saturated carbocycles. The van der Waals surface area contributed by atoms with Crippen molar-refractivity contribution in [3.63, 3.8) is 0 Å². The van der Waals surface area contributed by atoms with Crippen LogP contribution in [-0.2, 0) is 4.79 Å². The topological polar surface area (TPSA) is 73.1 Å². The average molecular weight is 232 g/mol. The van der Waals surface area contributed by atoms with Gasteiger partial charge in [-0.25, -0.2) is 4.79 Å². The molecule has 0 aliphatic rings. The highest BCUT2D eigenvalue weighted by atomic mass is 16.4. The largest absolute Gasteiger partial charge is 0.480 e. The van der Waals surface area contributed by atoms with E-state index in [9.17, 15) is 4.79 Å². The monoisotopic (exact) mass is 232 g/mol. The number of rotatable bonds is 4. The van der Waals surface area contributed by atoms with E-state index in [1.165, 1.54) is 0 Å². The SMILES string of the molecule is Cc1cc(C#N)ccc1NC(C(=O)O)C(C)C. The molecule has 2 N–H and O–H groups in total. The second-order valence-corrected chi connectivity index (χ2v) is 4.35. The summed E-state index contributed by atoms with van der Waals surface area (Å²) < 4.78 is 0. The van der Waals surface area contributed by atoms with Crippen LogP contribution in [0.5, 0.6) is 0 Å². The molecule has 1 aromatic rings. The Labute approximate surface area is 101 Å². The zero-order chi connectivity index (χ0) is 13.0. The van der Waals surface area contributed by atoms with Crippen LogP contribution in [0, 0.1) is 24.2 Å². The maximum absolute atomic E-state index is 11.1. The third-order valence-corrected chi connectivity index (χ3v) is 2.60. The Morgan fingerprint density at radius 2 is 2.12 bits per heavy atom. The van der Waals surface area contributed by atoms with Crippen LogP contribution < -0.4 is 5.32 Å². The minimum atomic E-state index is -0.872. The molecule has 0 radical (unpaired) electrons. The van der Waals surface area contributed by atoms with Gasteiger partial charge in [-0.2, -0.15) is 5.26 Å². The highest BCUT2D eigenvalue weighted by Gasteiger charge is 2.21. The third-order valence-electron chi connectivity index (χ3n) is 2.60. The minimum absolute atomic E-state index is 0.0115. The van der Waals surface area contributed by atoms with Gasteiger partial charge in [0.15, 0.2) is 0 Å². The number of aliphatic carboxylic acids is 1. The number of hydrogen-bond donors (Lipinski definition) is 2. The number of carboxylic acids is 1. The number of anilines is 1. The normalized spacial score (nSPS) is 11.9. The molecule has 0 aliphatic heterocycles. The van der Waals surface area contributed by atoms with Gasteiger partial charge in [-0.3, -0.25) is 0 Å². The van der Waals surface area contributed by atoms with Gasteiger partial charge in [0.05, 0.1) is 11.6 Å². The summed E-state index contributed by atoms with van der Waals surface area (Å²) in [4.78, 5) is 11.1. The number of benzene rings is 1. The van der Waals surface area contributed by atoms with Crippen molar-refractivity contribution >= 4 is 11.7 Å². The summed E-state index contributed by atoms with van der Waals surface area (Å²) in [7, 11) is 0. The molecule has 4 nitrogen and oxygen atoms in total. The summed E-state index contributed by atoms with van der Waals surface area (Å²) in [6.07, 6.45) is 0. The van der Waals surface area contributed by atoms with Gasteiger partial charge in [-0.15, -0.1) is 0 Å². The first-order valence-corrected chi connectivity index (χ1v) is 5.45. The lowest BCUT2D eigenvalue weighted by Gasteiger charge is -2.20. The first-order valence-electron chi connectivity index (χ1n) is 5.45. The van der Waals surface area contributed by atoms with Crippen LogP contribution >= 0.6 is 0 Å². The summed E-state index contributed by atoms with van der Waals surface area (Å²) >= 11 is 0. The number of aryl methyl sites for hydroxylation is 1. The molecule has 1 aromatic carbocycles. The van der Waals surface area contributed by atoms with Crippen molar-refractivity contribution in [3.05, 3.63) is 29.3 Å². The summed E-state index contributed by atoms with van der Waals surface area (Å²) in [5, 5.41) is 20.8. The Bertz CT molecular complexity index is 461. The number of nitrogens with zero attached hydrogens (tertiary/aromatic N) is 1. The van der Waals surface area contributed by atoms with E-state index in [2.05, 4.69) is 5.32 Å². The second-order valence-electron chi connectivity index (χ2n) is 4.35. The summed E-state index contributed by atoms with van der Waals surface area (Å²) in [5.74, 6) is -0.883. The molecule has 0 saturated heterocycles. The predicted molar refractivity (Wildman–Crippen MR) is 65.8 cm³/mol. The maximum atomic E-state index is 11.1. The predicted octanol–water partition coefficient (Wildman–Crippen LogP) is 2.39. The fraction of sp³-hybridized carbons (Fsp3) is 0.385. The number of carboxylic acid groups (broad SMARTS) is 1. The third kappa shape index (κ3) is 3.22. The highest BCUT2D eigenvalue weighted by Crippen LogP contribution is 2.19. The first kappa shape index (κ1) is 13.0. The molecule has 90 valence electrons. The van der Waals surface area contributed by atoms with Crippen LogP contribution in [0.2, 0.25) is 0 Å². The standard InChI is InChI=1S/C13H16N2O2/c1-8(2)12(13(16)17)15-11-5-4-10(7-14)6-9(11)3/h4-6,8,12,15H,1-3H3,(H,16,17). The Hall–Kier alpha value is -2.02. The summed E-state index contributed by atoms with van der Waals surface area (Å²) in [6, 6.07) is 6.58.